The number of carbonyl (C=O) groups is 2. The van der Waals surface area contributed by atoms with Crippen LogP contribution in [-0.2, 0) is 39.0 Å². The summed E-state index contributed by atoms with van der Waals surface area (Å²) in [6.45, 7) is 6.58. The third-order valence-corrected chi connectivity index (χ3v) is 9.30. The Bertz CT molecular complexity index is 1710. The molecule has 1 atom stereocenters. The lowest BCUT2D eigenvalue weighted by atomic mass is 10.0. The van der Waals surface area contributed by atoms with Gasteiger partial charge in [0, 0.05) is 24.6 Å². The van der Waals surface area contributed by atoms with Crippen LogP contribution in [0.1, 0.15) is 43.0 Å². The van der Waals surface area contributed by atoms with Crippen LogP contribution in [0.25, 0.3) is 0 Å². The first-order valence-corrected chi connectivity index (χ1v) is 16.5. The minimum Gasteiger partial charge on any atom is -0.352 e. The van der Waals surface area contributed by atoms with Gasteiger partial charge in [0.2, 0.25) is 11.8 Å². The molecule has 0 radical (unpaired) electrons. The molecule has 0 saturated carbocycles. The predicted octanol–water partition coefficient (Wildman–Crippen LogP) is 6.06. The Balaban J connectivity index is 1.84. The number of hydrogen-bond donors (Lipinski definition) is 1. The summed E-state index contributed by atoms with van der Waals surface area (Å²) in [4.78, 5) is 29.6. The lowest BCUT2D eigenvalue weighted by Crippen LogP contribution is -2.54. The molecule has 1 unspecified atom stereocenters. The molecule has 236 valence electrons. The molecule has 0 spiro atoms. The van der Waals surface area contributed by atoms with Gasteiger partial charge < -0.3 is 10.2 Å². The normalized spacial score (nSPS) is 12.0. The molecule has 0 bridgehead atoms. The number of nitrogens with one attached hydrogen (secondary N) is 1. The molecule has 1 N–H and O–H groups in total. The zero-order valence-electron chi connectivity index (χ0n) is 26.1. The molecule has 4 aromatic carbocycles. The summed E-state index contributed by atoms with van der Waals surface area (Å²) in [5.41, 5.74) is 3.00. The third kappa shape index (κ3) is 8.36. The highest BCUT2D eigenvalue weighted by molar-refractivity contribution is 7.92. The average Bonchev–Trinajstić information content (AvgIpc) is 3.02. The van der Waals surface area contributed by atoms with E-state index in [2.05, 4.69) is 5.32 Å². The van der Waals surface area contributed by atoms with Gasteiger partial charge in [-0.3, -0.25) is 13.9 Å². The summed E-state index contributed by atoms with van der Waals surface area (Å²) < 4.78 is 44.6. The van der Waals surface area contributed by atoms with Crippen molar-refractivity contribution in [2.45, 2.75) is 64.1 Å². The van der Waals surface area contributed by atoms with Gasteiger partial charge in [0.25, 0.3) is 10.0 Å². The van der Waals surface area contributed by atoms with Crippen molar-refractivity contribution in [1.29, 1.82) is 0 Å². The molecule has 0 fully saturated rings. The molecule has 2 amide bonds. The number of aryl methyl sites for hydroxylation is 2. The summed E-state index contributed by atoms with van der Waals surface area (Å²) in [5.74, 6) is -1.58. The van der Waals surface area contributed by atoms with Gasteiger partial charge in [-0.1, -0.05) is 91.3 Å². The van der Waals surface area contributed by atoms with Crippen molar-refractivity contribution in [2.24, 2.45) is 0 Å². The summed E-state index contributed by atoms with van der Waals surface area (Å²) in [6.07, 6.45) is 0.673. The van der Waals surface area contributed by atoms with E-state index in [-0.39, 0.29) is 29.5 Å². The largest absolute Gasteiger partial charge is 0.352 e. The van der Waals surface area contributed by atoms with Gasteiger partial charge in [0.05, 0.1) is 10.6 Å². The second-order valence-electron chi connectivity index (χ2n) is 11.3. The molecule has 0 aliphatic carbocycles. The Hall–Kier alpha value is -4.50. The number of carbonyl (C=O) groups excluding carboxylic acids is 2. The highest BCUT2D eigenvalue weighted by Gasteiger charge is 2.35. The molecule has 0 aliphatic rings. The Labute approximate surface area is 265 Å². The monoisotopic (exact) mass is 629 g/mol. The standard InChI is InChI=1S/C36H40FN3O4S/c1-5-29-15-10-12-18-33(29)40(45(43,44)31-21-19-27(4)20-22-31)25-35(41)39(24-30-16-9-11-17-32(30)37)34(36(42)38-26(2)3)23-28-13-7-6-8-14-28/h6-22,26,34H,5,23-25H2,1-4H3,(H,38,42). The second-order valence-corrected chi connectivity index (χ2v) is 13.2. The van der Waals surface area contributed by atoms with Crippen molar-refractivity contribution in [2.75, 3.05) is 10.8 Å². The number of rotatable bonds is 13. The van der Waals surface area contributed by atoms with Crippen LogP contribution >= 0.6 is 0 Å². The molecule has 4 rings (SSSR count). The van der Waals surface area contributed by atoms with Crippen LogP contribution < -0.4 is 9.62 Å². The Morgan fingerprint density at radius 1 is 0.822 bits per heavy atom. The van der Waals surface area contributed by atoms with Crippen molar-refractivity contribution in [1.82, 2.24) is 10.2 Å². The van der Waals surface area contributed by atoms with E-state index in [1.165, 1.54) is 23.1 Å². The fourth-order valence-corrected chi connectivity index (χ4v) is 6.60. The first kappa shape index (κ1) is 33.4. The number of sulfonamides is 1. The maximum Gasteiger partial charge on any atom is 0.264 e. The molecule has 7 nitrogen and oxygen atoms in total. The van der Waals surface area contributed by atoms with E-state index in [0.717, 1.165) is 21.0 Å². The van der Waals surface area contributed by atoms with Crippen LogP contribution in [-0.4, -0.2) is 43.8 Å². The zero-order chi connectivity index (χ0) is 32.6. The number of para-hydroxylation sites is 1. The van der Waals surface area contributed by atoms with Gasteiger partial charge >= 0.3 is 0 Å². The van der Waals surface area contributed by atoms with Crippen molar-refractivity contribution in [3.8, 4) is 0 Å². The highest BCUT2D eigenvalue weighted by Crippen LogP contribution is 2.29. The van der Waals surface area contributed by atoms with E-state index < -0.39 is 40.2 Å². The quantitative estimate of drug-likeness (QED) is 0.195. The minimum atomic E-state index is -4.23. The van der Waals surface area contributed by atoms with Crippen LogP contribution in [0.4, 0.5) is 10.1 Å². The number of hydrogen-bond acceptors (Lipinski definition) is 4. The number of anilines is 1. The van der Waals surface area contributed by atoms with Crippen molar-refractivity contribution >= 4 is 27.5 Å². The molecule has 0 aromatic heterocycles. The number of halogens is 1. The van der Waals surface area contributed by atoms with Gasteiger partial charge in [0.15, 0.2) is 0 Å². The Morgan fingerprint density at radius 3 is 2.04 bits per heavy atom. The second kappa shape index (κ2) is 15.0. The lowest BCUT2D eigenvalue weighted by molar-refractivity contribution is -0.140. The van der Waals surface area contributed by atoms with Gasteiger partial charge in [0.1, 0.15) is 18.4 Å². The van der Waals surface area contributed by atoms with Gasteiger partial charge in [-0.05, 0) is 62.6 Å². The van der Waals surface area contributed by atoms with Crippen molar-refractivity contribution in [3.63, 3.8) is 0 Å². The molecular formula is C36H40FN3O4S. The highest BCUT2D eigenvalue weighted by atomic mass is 32.2. The number of nitrogens with zero attached hydrogens (tertiary/aromatic N) is 2. The van der Waals surface area contributed by atoms with E-state index in [0.29, 0.717) is 12.1 Å². The number of benzene rings is 4. The SMILES string of the molecule is CCc1ccccc1N(CC(=O)N(Cc1ccccc1F)C(Cc1ccccc1)C(=O)NC(C)C)S(=O)(=O)c1ccc(C)cc1. The first-order valence-electron chi connectivity index (χ1n) is 15.1. The summed E-state index contributed by atoms with van der Waals surface area (Å²) >= 11 is 0. The molecule has 0 aliphatic heterocycles. The summed E-state index contributed by atoms with van der Waals surface area (Å²) in [7, 11) is -4.23. The first-order chi connectivity index (χ1) is 21.5. The van der Waals surface area contributed by atoms with Gasteiger partial charge in [-0.25, -0.2) is 12.8 Å². The Kier molecular flexibility index (Phi) is 11.1. The zero-order valence-corrected chi connectivity index (χ0v) is 26.9. The summed E-state index contributed by atoms with van der Waals surface area (Å²) in [5, 5.41) is 2.91. The van der Waals surface area contributed by atoms with E-state index >= 15 is 4.39 Å². The maximum absolute atomic E-state index is 15.0. The third-order valence-electron chi connectivity index (χ3n) is 7.53. The van der Waals surface area contributed by atoms with E-state index in [1.54, 1.807) is 42.5 Å². The van der Waals surface area contributed by atoms with E-state index in [4.69, 9.17) is 0 Å². The molecule has 4 aromatic rings. The predicted molar refractivity (Wildman–Crippen MR) is 176 cm³/mol. The van der Waals surface area contributed by atoms with Crippen LogP contribution in [0.15, 0.2) is 108 Å². The van der Waals surface area contributed by atoms with Crippen LogP contribution in [0, 0.1) is 12.7 Å². The molecular weight excluding hydrogens is 589 g/mol. The van der Waals surface area contributed by atoms with Gasteiger partial charge in [-0.2, -0.15) is 0 Å². The molecule has 9 heteroatoms. The number of amides is 2. The van der Waals surface area contributed by atoms with Crippen molar-refractivity contribution < 1.29 is 22.4 Å². The van der Waals surface area contributed by atoms with E-state index in [1.807, 2.05) is 70.2 Å². The average molecular weight is 630 g/mol. The molecule has 0 saturated heterocycles. The van der Waals surface area contributed by atoms with Crippen LogP contribution in [0.5, 0.6) is 0 Å². The Morgan fingerprint density at radius 2 is 1.42 bits per heavy atom. The minimum absolute atomic E-state index is 0.0332. The topological polar surface area (TPSA) is 86.8 Å². The smallest absolute Gasteiger partial charge is 0.264 e. The molecule has 45 heavy (non-hydrogen) atoms. The van der Waals surface area contributed by atoms with Crippen molar-refractivity contribution in [3.05, 3.63) is 131 Å². The molecule has 0 heterocycles. The fraction of sp³-hybridized carbons (Fsp3) is 0.278. The van der Waals surface area contributed by atoms with Crippen LogP contribution in [0.3, 0.4) is 0 Å². The maximum atomic E-state index is 15.0. The van der Waals surface area contributed by atoms with Crippen LogP contribution in [0.2, 0.25) is 0 Å². The van der Waals surface area contributed by atoms with Gasteiger partial charge in [-0.15, -0.1) is 0 Å². The summed E-state index contributed by atoms with van der Waals surface area (Å²) in [6, 6.07) is 27.5. The lowest BCUT2D eigenvalue weighted by Gasteiger charge is -2.34. The fourth-order valence-electron chi connectivity index (χ4n) is 5.15. The van der Waals surface area contributed by atoms with E-state index in [9.17, 15) is 18.0 Å².